The van der Waals surface area contributed by atoms with Crippen molar-refractivity contribution in [1.29, 1.82) is 0 Å². The Morgan fingerprint density at radius 3 is 2.30 bits per heavy atom. The molecule has 3 aromatic rings. The van der Waals surface area contributed by atoms with Crippen LogP contribution in [0, 0.1) is 29.4 Å². The van der Waals surface area contributed by atoms with E-state index in [0.717, 1.165) is 23.2 Å². The summed E-state index contributed by atoms with van der Waals surface area (Å²) in [4.78, 5) is 15.1. The standard InChI is InChI=1S/C27H22F2N2O2/c28-20-8-3-17(4-9-20)1-2-18-5-12-24-23(15-18)26-22(25(16-32)30-24)13-14-31(26)27(33)19-6-10-21(29)11-7-19/h3-12,15,22,25-26,30,32H,13-14,16H2/t22-,25+,26-/m0/s1. The predicted molar refractivity (Wildman–Crippen MR) is 122 cm³/mol. The van der Waals surface area contributed by atoms with E-state index in [1.54, 1.807) is 12.1 Å². The van der Waals surface area contributed by atoms with E-state index in [1.807, 2.05) is 23.1 Å². The zero-order valence-electron chi connectivity index (χ0n) is 17.8. The fourth-order valence-electron chi connectivity index (χ4n) is 4.80. The molecule has 33 heavy (non-hydrogen) atoms. The lowest BCUT2D eigenvalue weighted by Crippen LogP contribution is -2.42. The first kappa shape index (κ1) is 21.2. The average molecular weight is 444 g/mol. The minimum absolute atomic E-state index is 0.0364. The van der Waals surface area contributed by atoms with Crippen LogP contribution >= 0.6 is 0 Å². The Bertz CT molecular complexity index is 1250. The fourth-order valence-corrected chi connectivity index (χ4v) is 4.80. The Labute approximate surface area is 190 Å². The molecule has 5 rings (SSSR count). The van der Waals surface area contributed by atoms with Crippen LogP contribution in [0.1, 0.15) is 39.5 Å². The predicted octanol–water partition coefficient (Wildman–Crippen LogP) is 4.35. The van der Waals surface area contributed by atoms with Gasteiger partial charge in [-0.15, -0.1) is 0 Å². The highest BCUT2D eigenvalue weighted by Gasteiger charge is 2.45. The summed E-state index contributed by atoms with van der Waals surface area (Å²) in [6.45, 7) is 0.514. The van der Waals surface area contributed by atoms with Crippen molar-refractivity contribution >= 4 is 11.6 Å². The van der Waals surface area contributed by atoms with Crippen molar-refractivity contribution in [2.45, 2.75) is 18.5 Å². The van der Waals surface area contributed by atoms with E-state index in [2.05, 4.69) is 17.2 Å². The van der Waals surface area contributed by atoms with Gasteiger partial charge in [0.1, 0.15) is 11.6 Å². The average Bonchev–Trinajstić information content (AvgIpc) is 3.29. The van der Waals surface area contributed by atoms with Crippen molar-refractivity contribution < 1.29 is 18.7 Å². The van der Waals surface area contributed by atoms with Crippen LogP contribution in [0.4, 0.5) is 14.5 Å². The second kappa shape index (κ2) is 8.68. The SMILES string of the molecule is O=C(c1ccc(F)cc1)N1CC[C@@H]2[C@H]1c1cc(C#Cc3ccc(F)cc3)ccc1N[C@@H]2CO. The molecule has 0 bridgehead atoms. The number of nitrogens with zero attached hydrogens (tertiary/aromatic N) is 1. The number of rotatable bonds is 2. The van der Waals surface area contributed by atoms with Crippen molar-refractivity contribution in [3.05, 3.63) is 101 Å². The van der Waals surface area contributed by atoms with Gasteiger partial charge in [-0.1, -0.05) is 11.8 Å². The topological polar surface area (TPSA) is 52.6 Å². The molecule has 166 valence electrons. The fraction of sp³-hybridized carbons (Fsp3) is 0.222. The first-order chi connectivity index (χ1) is 16.0. The maximum Gasteiger partial charge on any atom is 0.254 e. The molecule has 0 radical (unpaired) electrons. The number of amides is 1. The third-order valence-electron chi connectivity index (χ3n) is 6.42. The van der Waals surface area contributed by atoms with E-state index >= 15 is 0 Å². The molecule has 3 aromatic carbocycles. The molecule has 6 heteroatoms. The lowest BCUT2D eigenvalue weighted by atomic mass is 9.82. The third kappa shape index (κ3) is 4.08. The molecular weight excluding hydrogens is 422 g/mol. The number of carbonyl (C=O) groups is 1. The van der Waals surface area contributed by atoms with Crippen molar-refractivity contribution in [1.82, 2.24) is 4.90 Å². The van der Waals surface area contributed by atoms with Gasteiger partial charge in [0.2, 0.25) is 0 Å². The van der Waals surface area contributed by atoms with Crippen LogP contribution < -0.4 is 5.32 Å². The molecule has 0 spiro atoms. The van der Waals surface area contributed by atoms with Gasteiger partial charge in [0.25, 0.3) is 5.91 Å². The minimum Gasteiger partial charge on any atom is -0.394 e. The lowest BCUT2D eigenvalue weighted by Gasteiger charge is -2.39. The highest BCUT2D eigenvalue weighted by Crippen LogP contribution is 2.47. The van der Waals surface area contributed by atoms with Gasteiger partial charge in [-0.25, -0.2) is 8.78 Å². The monoisotopic (exact) mass is 444 g/mol. The number of nitrogens with one attached hydrogen (secondary N) is 1. The van der Waals surface area contributed by atoms with E-state index < -0.39 is 0 Å². The van der Waals surface area contributed by atoms with E-state index in [1.165, 1.54) is 36.4 Å². The van der Waals surface area contributed by atoms with Crippen LogP contribution in [0.25, 0.3) is 0 Å². The number of likely N-dealkylation sites (tertiary alicyclic amines) is 1. The summed E-state index contributed by atoms with van der Waals surface area (Å²) in [6, 6.07) is 17.0. The number of aliphatic hydroxyl groups is 1. The number of benzene rings is 3. The molecule has 3 atom stereocenters. The number of hydrogen-bond acceptors (Lipinski definition) is 3. The molecule has 2 N–H and O–H groups in total. The van der Waals surface area contributed by atoms with Gasteiger partial charge in [0.15, 0.2) is 0 Å². The van der Waals surface area contributed by atoms with Gasteiger partial charge >= 0.3 is 0 Å². The Kier molecular flexibility index (Phi) is 5.57. The van der Waals surface area contributed by atoms with E-state index in [4.69, 9.17) is 0 Å². The second-order valence-electron chi connectivity index (χ2n) is 8.40. The van der Waals surface area contributed by atoms with Gasteiger partial charge in [-0.05, 0) is 78.7 Å². The molecule has 4 nitrogen and oxygen atoms in total. The zero-order valence-corrected chi connectivity index (χ0v) is 17.8. The minimum atomic E-state index is -0.386. The largest absolute Gasteiger partial charge is 0.394 e. The number of aliphatic hydroxyl groups excluding tert-OH is 1. The summed E-state index contributed by atoms with van der Waals surface area (Å²) < 4.78 is 26.5. The molecule has 0 saturated carbocycles. The molecule has 1 fully saturated rings. The first-order valence-corrected chi connectivity index (χ1v) is 10.9. The smallest absolute Gasteiger partial charge is 0.254 e. The highest BCUT2D eigenvalue weighted by atomic mass is 19.1. The first-order valence-electron chi connectivity index (χ1n) is 10.9. The third-order valence-corrected chi connectivity index (χ3v) is 6.42. The summed E-state index contributed by atoms with van der Waals surface area (Å²) in [6.07, 6.45) is 0.751. The molecule has 2 heterocycles. The zero-order chi connectivity index (χ0) is 22.9. The summed E-state index contributed by atoms with van der Waals surface area (Å²) in [5.41, 5.74) is 3.73. The van der Waals surface area contributed by atoms with Crippen molar-refractivity contribution in [3.63, 3.8) is 0 Å². The molecule has 1 saturated heterocycles. The highest BCUT2D eigenvalue weighted by molar-refractivity contribution is 5.95. The maximum atomic E-state index is 13.4. The van der Waals surface area contributed by atoms with Crippen LogP contribution in [0.2, 0.25) is 0 Å². The van der Waals surface area contributed by atoms with E-state index in [9.17, 15) is 18.7 Å². The Morgan fingerprint density at radius 1 is 0.970 bits per heavy atom. The van der Waals surface area contributed by atoms with Gasteiger partial charge < -0.3 is 15.3 Å². The summed E-state index contributed by atoms with van der Waals surface area (Å²) in [5, 5.41) is 13.4. The van der Waals surface area contributed by atoms with Crippen molar-refractivity contribution in [2.75, 3.05) is 18.5 Å². The number of fused-ring (bicyclic) bond motifs is 3. The molecule has 1 amide bonds. The van der Waals surface area contributed by atoms with Crippen molar-refractivity contribution in [2.24, 2.45) is 5.92 Å². The Morgan fingerprint density at radius 2 is 1.61 bits per heavy atom. The number of hydrogen-bond donors (Lipinski definition) is 2. The summed E-state index contributed by atoms with van der Waals surface area (Å²) in [7, 11) is 0. The van der Waals surface area contributed by atoms with Crippen molar-refractivity contribution in [3.8, 4) is 11.8 Å². The molecule has 0 unspecified atom stereocenters. The molecule has 0 aromatic heterocycles. The summed E-state index contributed by atoms with van der Waals surface area (Å²) >= 11 is 0. The normalized spacial score (nSPS) is 20.8. The van der Waals surface area contributed by atoms with E-state index in [0.29, 0.717) is 17.7 Å². The quantitative estimate of drug-likeness (QED) is 0.578. The summed E-state index contributed by atoms with van der Waals surface area (Å²) in [5.74, 6) is 5.37. The van der Waals surface area contributed by atoms with Gasteiger partial charge in [0.05, 0.1) is 18.7 Å². The maximum absolute atomic E-state index is 13.4. The van der Waals surface area contributed by atoms with E-state index in [-0.39, 0.29) is 42.2 Å². The molecular formula is C27H22F2N2O2. The lowest BCUT2D eigenvalue weighted by molar-refractivity contribution is 0.0701. The van der Waals surface area contributed by atoms with Crippen LogP contribution in [0.3, 0.4) is 0 Å². The van der Waals surface area contributed by atoms with Gasteiger partial charge in [-0.3, -0.25) is 4.79 Å². The molecule has 2 aliphatic heterocycles. The van der Waals surface area contributed by atoms with Crippen LogP contribution in [-0.2, 0) is 0 Å². The van der Waals surface area contributed by atoms with Crippen LogP contribution in [0.5, 0.6) is 0 Å². The van der Waals surface area contributed by atoms with Crippen LogP contribution in [0.15, 0.2) is 66.7 Å². The Hall–Kier alpha value is -3.69. The van der Waals surface area contributed by atoms with Crippen LogP contribution in [-0.4, -0.2) is 35.1 Å². The number of anilines is 1. The van der Waals surface area contributed by atoms with Gasteiger partial charge in [-0.2, -0.15) is 0 Å². The number of halogens is 2. The Balaban J connectivity index is 1.50. The molecule has 2 aliphatic rings. The number of carbonyl (C=O) groups excluding carboxylic acids is 1. The van der Waals surface area contributed by atoms with Gasteiger partial charge in [0, 0.05) is 34.8 Å². The second-order valence-corrected chi connectivity index (χ2v) is 8.40. The molecule has 0 aliphatic carbocycles.